The van der Waals surface area contributed by atoms with Crippen molar-refractivity contribution in [1.29, 1.82) is 0 Å². The topological polar surface area (TPSA) is 139 Å². The summed E-state index contributed by atoms with van der Waals surface area (Å²) in [5, 5.41) is 14.4. The van der Waals surface area contributed by atoms with Gasteiger partial charge < -0.3 is 19.9 Å². The Morgan fingerprint density at radius 1 is 1.20 bits per heavy atom. The second-order valence-electron chi connectivity index (χ2n) is 6.88. The van der Waals surface area contributed by atoms with Crippen molar-refractivity contribution in [3.05, 3.63) is 17.5 Å². The molecule has 0 fully saturated rings. The van der Waals surface area contributed by atoms with Crippen molar-refractivity contribution in [3.63, 3.8) is 0 Å². The average Bonchev–Trinajstić information content (AvgIpc) is 3.15. The van der Waals surface area contributed by atoms with E-state index in [1.807, 2.05) is 0 Å². The van der Waals surface area contributed by atoms with Crippen molar-refractivity contribution >= 4 is 33.3 Å². The minimum absolute atomic E-state index is 0.132. The van der Waals surface area contributed by atoms with Gasteiger partial charge in [-0.2, -0.15) is 8.42 Å². The molecule has 1 rings (SSSR count). The number of nitrogens with one attached hydrogen (secondary N) is 1. The first-order chi connectivity index (χ1) is 14.1. The quantitative estimate of drug-likeness (QED) is 0.192. The maximum Gasteiger partial charge on any atom is 0.372 e. The molecular weight excluding hydrogens is 434 g/mol. The Bertz CT molecular complexity index is 751. The zero-order chi connectivity index (χ0) is 22.6. The minimum Gasteiger partial charge on any atom is -0.477 e. The molecule has 0 bridgehead atoms. The minimum atomic E-state index is -3.91. The lowest BCUT2D eigenvalue weighted by Gasteiger charge is -2.35. The molecule has 0 aliphatic heterocycles. The van der Waals surface area contributed by atoms with Gasteiger partial charge in [0.25, 0.3) is 10.1 Å². The number of carboxylic acid groups (broad SMARTS) is 1. The molecule has 0 saturated carbocycles. The number of carbonyl (C=O) groups excluding carboxylic acids is 1. The van der Waals surface area contributed by atoms with E-state index in [0.717, 1.165) is 19.3 Å². The fraction of sp³-hybridized carbons (Fsp3) is 0.684. The standard InChI is InChI=1S/C19H31NO8S2/c1-3-27-15(2)19(18(22)23,28-17-12-10-13-29-17)20-16(21)11-8-6-4-5-7-9-14-30(24,25)26/h10,12-13,15H,3-9,11,14H2,1-2H3,(H,20,21)(H,22,23)(H,24,25,26). The molecule has 2 atom stereocenters. The van der Waals surface area contributed by atoms with E-state index in [1.54, 1.807) is 24.4 Å². The number of amides is 1. The summed E-state index contributed by atoms with van der Waals surface area (Å²) in [6.45, 7) is 3.53. The summed E-state index contributed by atoms with van der Waals surface area (Å²) in [5.41, 5.74) is -2.03. The molecule has 0 radical (unpaired) electrons. The second-order valence-corrected chi connectivity index (χ2v) is 9.36. The molecule has 2 unspecified atom stereocenters. The van der Waals surface area contributed by atoms with Gasteiger partial charge in [-0.15, -0.1) is 11.3 Å². The number of unbranched alkanes of at least 4 members (excludes halogenated alkanes) is 5. The Morgan fingerprint density at radius 3 is 2.37 bits per heavy atom. The number of aliphatic carboxylic acids is 1. The van der Waals surface area contributed by atoms with E-state index >= 15 is 0 Å². The van der Waals surface area contributed by atoms with Crippen molar-refractivity contribution in [2.45, 2.75) is 70.6 Å². The average molecular weight is 466 g/mol. The van der Waals surface area contributed by atoms with Crippen LogP contribution in [0.25, 0.3) is 0 Å². The van der Waals surface area contributed by atoms with Gasteiger partial charge in [0.1, 0.15) is 6.10 Å². The molecule has 0 saturated heterocycles. The second kappa shape index (κ2) is 12.9. The maximum absolute atomic E-state index is 12.4. The molecule has 3 N–H and O–H groups in total. The molecule has 11 heteroatoms. The predicted octanol–water partition coefficient (Wildman–Crippen LogP) is 3.07. The number of ether oxygens (including phenoxy) is 2. The van der Waals surface area contributed by atoms with Crippen LogP contribution in [0, 0.1) is 0 Å². The summed E-state index contributed by atoms with van der Waals surface area (Å²) in [6, 6.07) is 3.34. The molecule has 0 aromatic carbocycles. The Balaban J connectivity index is 2.54. The van der Waals surface area contributed by atoms with E-state index in [2.05, 4.69) is 5.32 Å². The molecule has 0 aliphatic carbocycles. The normalized spacial score (nSPS) is 14.6. The van der Waals surface area contributed by atoms with Crippen molar-refractivity contribution < 1.29 is 37.1 Å². The number of carboxylic acids is 1. The molecular formula is C19H31NO8S2. The largest absolute Gasteiger partial charge is 0.477 e. The van der Waals surface area contributed by atoms with Gasteiger partial charge in [0, 0.05) is 13.0 Å². The maximum atomic E-state index is 12.4. The first-order valence-corrected chi connectivity index (χ1v) is 12.4. The number of carbonyl (C=O) groups is 2. The van der Waals surface area contributed by atoms with Crippen LogP contribution >= 0.6 is 11.3 Å². The third-order valence-corrected chi connectivity index (χ3v) is 5.99. The zero-order valence-electron chi connectivity index (χ0n) is 17.3. The number of hydrogen-bond donors (Lipinski definition) is 3. The van der Waals surface area contributed by atoms with E-state index in [9.17, 15) is 23.1 Å². The molecule has 1 aromatic rings. The van der Waals surface area contributed by atoms with Crippen molar-refractivity contribution in [2.24, 2.45) is 0 Å². The van der Waals surface area contributed by atoms with Crippen LogP contribution in [0.15, 0.2) is 17.5 Å². The van der Waals surface area contributed by atoms with Gasteiger partial charge in [-0.25, -0.2) is 4.79 Å². The highest BCUT2D eigenvalue weighted by molar-refractivity contribution is 7.85. The molecule has 1 aromatic heterocycles. The summed E-state index contributed by atoms with van der Waals surface area (Å²) < 4.78 is 41.1. The van der Waals surface area contributed by atoms with Gasteiger partial charge in [-0.1, -0.05) is 25.7 Å². The van der Waals surface area contributed by atoms with Gasteiger partial charge in [0.05, 0.1) is 5.75 Å². The van der Waals surface area contributed by atoms with Gasteiger partial charge >= 0.3 is 11.7 Å². The van der Waals surface area contributed by atoms with E-state index in [1.165, 1.54) is 18.3 Å². The van der Waals surface area contributed by atoms with Crippen LogP contribution in [-0.2, 0) is 24.4 Å². The molecule has 0 spiro atoms. The van der Waals surface area contributed by atoms with Crippen molar-refractivity contribution in [3.8, 4) is 5.06 Å². The number of hydrogen-bond acceptors (Lipinski definition) is 7. The molecule has 9 nitrogen and oxygen atoms in total. The third-order valence-electron chi connectivity index (χ3n) is 4.44. The molecule has 172 valence electrons. The van der Waals surface area contributed by atoms with Crippen LogP contribution in [0.5, 0.6) is 5.06 Å². The first kappa shape index (κ1) is 26.3. The van der Waals surface area contributed by atoms with E-state index < -0.39 is 33.8 Å². The zero-order valence-corrected chi connectivity index (χ0v) is 19.0. The summed E-state index contributed by atoms with van der Waals surface area (Å²) in [7, 11) is -3.91. The van der Waals surface area contributed by atoms with Crippen molar-refractivity contribution in [2.75, 3.05) is 12.4 Å². The van der Waals surface area contributed by atoms with Crippen LogP contribution < -0.4 is 10.1 Å². The number of thiophene rings is 1. The summed E-state index contributed by atoms with van der Waals surface area (Å²) >= 11 is 1.22. The first-order valence-electron chi connectivity index (χ1n) is 9.94. The monoisotopic (exact) mass is 465 g/mol. The van der Waals surface area contributed by atoms with Gasteiger partial charge in [0.15, 0.2) is 5.06 Å². The smallest absolute Gasteiger partial charge is 0.372 e. The van der Waals surface area contributed by atoms with Crippen LogP contribution in [0.3, 0.4) is 0 Å². The fourth-order valence-electron chi connectivity index (χ4n) is 2.88. The lowest BCUT2D eigenvalue weighted by atomic mass is 10.1. The van der Waals surface area contributed by atoms with Crippen LogP contribution in [0.1, 0.15) is 58.8 Å². The lowest BCUT2D eigenvalue weighted by Crippen LogP contribution is -2.65. The summed E-state index contributed by atoms with van der Waals surface area (Å²) in [4.78, 5) is 24.5. The highest BCUT2D eigenvalue weighted by atomic mass is 32.2. The fourth-order valence-corrected chi connectivity index (χ4v) is 4.07. The van der Waals surface area contributed by atoms with Crippen molar-refractivity contribution in [1.82, 2.24) is 5.32 Å². The third kappa shape index (κ3) is 9.41. The Labute approximate surface area is 181 Å². The van der Waals surface area contributed by atoms with E-state index in [4.69, 9.17) is 14.0 Å². The summed E-state index contributed by atoms with van der Waals surface area (Å²) in [5.74, 6) is -2.04. The molecule has 30 heavy (non-hydrogen) atoms. The lowest BCUT2D eigenvalue weighted by molar-refractivity contribution is -0.178. The molecule has 0 aliphatic rings. The SMILES string of the molecule is CCOC(C)C(NC(=O)CCCCCCCCS(=O)(=O)O)(Oc1cccs1)C(=O)O. The van der Waals surface area contributed by atoms with Crippen LogP contribution in [0.4, 0.5) is 0 Å². The van der Waals surface area contributed by atoms with Gasteiger partial charge in [-0.3, -0.25) is 9.35 Å². The van der Waals surface area contributed by atoms with Crippen LogP contribution in [0.2, 0.25) is 0 Å². The van der Waals surface area contributed by atoms with Gasteiger partial charge in [0.2, 0.25) is 5.91 Å². The molecule has 1 amide bonds. The van der Waals surface area contributed by atoms with E-state index in [0.29, 0.717) is 24.3 Å². The summed E-state index contributed by atoms with van der Waals surface area (Å²) in [6.07, 6.45) is 3.18. The molecule has 1 heterocycles. The van der Waals surface area contributed by atoms with E-state index in [-0.39, 0.29) is 18.8 Å². The number of rotatable bonds is 16. The highest BCUT2D eigenvalue weighted by Gasteiger charge is 2.49. The van der Waals surface area contributed by atoms with Crippen LogP contribution in [-0.4, -0.2) is 54.1 Å². The predicted molar refractivity (Wildman–Crippen MR) is 113 cm³/mol. The Kier molecular flexibility index (Phi) is 11.3. The van der Waals surface area contributed by atoms with Gasteiger partial charge in [-0.05, 0) is 44.2 Å². The Morgan fingerprint density at radius 2 is 1.83 bits per heavy atom. The Hall–Kier alpha value is -1.69. The highest BCUT2D eigenvalue weighted by Crippen LogP contribution is 2.27.